The van der Waals surface area contributed by atoms with E-state index in [1.54, 1.807) is 0 Å². The number of hydrogen-bond acceptors (Lipinski definition) is 5. The summed E-state index contributed by atoms with van der Waals surface area (Å²) in [7, 11) is 0. The third-order valence-electron chi connectivity index (χ3n) is 2.75. The van der Waals surface area contributed by atoms with E-state index in [0.29, 0.717) is 5.69 Å². The molecule has 4 N–H and O–H groups in total. The predicted molar refractivity (Wildman–Crippen MR) is 72.1 cm³/mol. The van der Waals surface area contributed by atoms with Gasteiger partial charge in [-0.25, -0.2) is 4.79 Å². The molecule has 1 aromatic heterocycles. The van der Waals surface area contributed by atoms with Gasteiger partial charge in [0, 0.05) is 6.20 Å². The second kappa shape index (κ2) is 5.91. The first kappa shape index (κ1) is 14.3. The number of phenols is 2. The number of nitrogens with one attached hydrogen (secondary N) is 1. The minimum atomic E-state index is -1.09. The number of nitrogens with zero attached hydrogens (tertiary/aromatic N) is 1. The second-order valence-electron chi connectivity index (χ2n) is 4.20. The van der Waals surface area contributed by atoms with Crippen LogP contribution in [-0.4, -0.2) is 32.2 Å². The first-order valence-corrected chi connectivity index (χ1v) is 5.96. The van der Waals surface area contributed by atoms with Crippen LogP contribution in [-0.2, 0) is 6.54 Å². The maximum atomic E-state index is 11.9. The number of carboxylic acids is 1. The Labute approximate surface area is 119 Å². The lowest BCUT2D eigenvalue weighted by molar-refractivity contribution is 0.0696. The second-order valence-corrected chi connectivity index (χ2v) is 4.20. The highest BCUT2D eigenvalue weighted by Crippen LogP contribution is 2.27. The van der Waals surface area contributed by atoms with Gasteiger partial charge in [-0.05, 0) is 24.3 Å². The summed E-state index contributed by atoms with van der Waals surface area (Å²) in [5.41, 5.74) is 0.349. The summed E-state index contributed by atoms with van der Waals surface area (Å²) < 4.78 is 0. The van der Waals surface area contributed by atoms with Crippen molar-refractivity contribution < 1.29 is 24.9 Å². The molecule has 2 aromatic rings. The van der Waals surface area contributed by atoms with Crippen molar-refractivity contribution in [1.29, 1.82) is 0 Å². The molecule has 0 saturated heterocycles. The van der Waals surface area contributed by atoms with Crippen LogP contribution >= 0.6 is 0 Å². The zero-order valence-corrected chi connectivity index (χ0v) is 10.8. The SMILES string of the molecule is O=C(O)c1ccnc(CNC(=O)c2cccc(O)c2O)c1. The van der Waals surface area contributed by atoms with Gasteiger partial charge < -0.3 is 20.6 Å². The van der Waals surface area contributed by atoms with Crippen molar-refractivity contribution in [1.82, 2.24) is 10.3 Å². The van der Waals surface area contributed by atoms with Crippen molar-refractivity contribution in [2.24, 2.45) is 0 Å². The predicted octanol–water partition coefficient (Wildman–Crippen LogP) is 1.12. The van der Waals surface area contributed by atoms with Gasteiger partial charge in [-0.15, -0.1) is 0 Å². The van der Waals surface area contributed by atoms with E-state index < -0.39 is 23.4 Å². The van der Waals surface area contributed by atoms with Gasteiger partial charge in [-0.1, -0.05) is 6.07 Å². The van der Waals surface area contributed by atoms with Crippen LogP contribution in [0.25, 0.3) is 0 Å². The molecule has 1 aromatic carbocycles. The topological polar surface area (TPSA) is 120 Å². The molecule has 0 spiro atoms. The molecule has 0 aliphatic heterocycles. The lowest BCUT2D eigenvalue weighted by atomic mass is 10.1. The molecule has 21 heavy (non-hydrogen) atoms. The largest absolute Gasteiger partial charge is 0.504 e. The molecule has 0 unspecified atom stereocenters. The molecule has 0 saturated carbocycles. The molecule has 0 bridgehead atoms. The monoisotopic (exact) mass is 288 g/mol. The van der Waals surface area contributed by atoms with Gasteiger partial charge in [0.1, 0.15) is 0 Å². The third-order valence-corrected chi connectivity index (χ3v) is 2.75. The average Bonchev–Trinajstić information content (AvgIpc) is 2.48. The van der Waals surface area contributed by atoms with E-state index in [2.05, 4.69) is 10.3 Å². The fraction of sp³-hybridized carbons (Fsp3) is 0.0714. The van der Waals surface area contributed by atoms with E-state index in [1.165, 1.54) is 36.5 Å². The molecule has 108 valence electrons. The molecular weight excluding hydrogens is 276 g/mol. The molecule has 1 heterocycles. The number of rotatable bonds is 4. The first-order valence-electron chi connectivity index (χ1n) is 5.96. The third kappa shape index (κ3) is 3.27. The molecule has 7 nitrogen and oxygen atoms in total. The van der Waals surface area contributed by atoms with Gasteiger partial charge in [0.15, 0.2) is 11.5 Å². The number of hydrogen-bond donors (Lipinski definition) is 4. The Balaban J connectivity index is 2.09. The van der Waals surface area contributed by atoms with Crippen molar-refractivity contribution >= 4 is 11.9 Å². The highest BCUT2D eigenvalue weighted by molar-refractivity contribution is 5.97. The number of aromatic hydroxyl groups is 2. The molecule has 0 fully saturated rings. The number of carbonyl (C=O) groups is 2. The van der Waals surface area contributed by atoms with Gasteiger partial charge in [-0.3, -0.25) is 9.78 Å². The smallest absolute Gasteiger partial charge is 0.335 e. The van der Waals surface area contributed by atoms with Crippen molar-refractivity contribution in [3.8, 4) is 11.5 Å². The van der Waals surface area contributed by atoms with Crippen LogP contribution in [0.1, 0.15) is 26.4 Å². The van der Waals surface area contributed by atoms with Crippen LogP contribution in [0, 0.1) is 0 Å². The molecule has 0 atom stereocenters. The Morgan fingerprint density at radius 2 is 1.95 bits per heavy atom. The number of carboxylic acid groups (broad SMARTS) is 1. The fourth-order valence-corrected chi connectivity index (χ4v) is 1.69. The van der Waals surface area contributed by atoms with Crippen LogP contribution in [0.2, 0.25) is 0 Å². The molecule has 7 heteroatoms. The van der Waals surface area contributed by atoms with Gasteiger partial charge in [0.2, 0.25) is 0 Å². The Morgan fingerprint density at radius 3 is 2.67 bits per heavy atom. The van der Waals surface area contributed by atoms with E-state index in [9.17, 15) is 19.8 Å². The maximum absolute atomic E-state index is 11.9. The van der Waals surface area contributed by atoms with Gasteiger partial charge in [0.25, 0.3) is 5.91 Å². The number of carbonyl (C=O) groups excluding carboxylic acids is 1. The summed E-state index contributed by atoms with van der Waals surface area (Å²) in [6.45, 7) is -0.00491. The number of amides is 1. The van der Waals surface area contributed by atoms with Crippen molar-refractivity contribution in [3.63, 3.8) is 0 Å². The molecule has 0 aliphatic rings. The van der Waals surface area contributed by atoms with Crippen LogP contribution < -0.4 is 5.32 Å². The van der Waals surface area contributed by atoms with Crippen molar-refractivity contribution in [3.05, 3.63) is 53.3 Å². The Kier molecular flexibility index (Phi) is 4.03. The van der Waals surface area contributed by atoms with E-state index in [-0.39, 0.29) is 17.7 Å². The van der Waals surface area contributed by atoms with Crippen molar-refractivity contribution in [2.75, 3.05) is 0 Å². The standard InChI is InChI=1S/C14H12N2O5/c17-11-3-1-2-10(12(11)18)13(19)16-7-9-6-8(14(20)21)4-5-15-9/h1-6,17-18H,7H2,(H,16,19)(H,20,21). The minimum Gasteiger partial charge on any atom is -0.504 e. The summed E-state index contributed by atoms with van der Waals surface area (Å²) in [6.07, 6.45) is 1.33. The summed E-state index contributed by atoms with van der Waals surface area (Å²) in [6, 6.07) is 6.71. The first-order chi connectivity index (χ1) is 9.99. The lowest BCUT2D eigenvalue weighted by Crippen LogP contribution is -2.23. The molecule has 0 aliphatic carbocycles. The number of aromatic carboxylic acids is 1. The van der Waals surface area contributed by atoms with Crippen LogP contribution in [0.15, 0.2) is 36.5 Å². The molecule has 0 radical (unpaired) electrons. The molecule has 1 amide bonds. The summed E-state index contributed by atoms with van der Waals surface area (Å²) >= 11 is 0. The highest BCUT2D eigenvalue weighted by atomic mass is 16.4. The van der Waals surface area contributed by atoms with E-state index in [0.717, 1.165) is 0 Å². The number of para-hydroxylation sites is 1. The Morgan fingerprint density at radius 1 is 1.19 bits per heavy atom. The zero-order chi connectivity index (χ0) is 15.4. The van der Waals surface area contributed by atoms with Gasteiger partial charge >= 0.3 is 5.97 Å². The summed E-state index contributed by atoms with van der Waals surface area (Å²) in [4.78, 5) is 26.6. The van der Waals surface area contributed by atoms with Gasteiger partial charge in [-0.2, -0.15) is 0 Å². The van der Waals surface area contributed by atoms with Gasteiger partial charge in [0.05, 0.1) is 23.4 Å². The fourth-order valence-electron chi connectivity index (χ4n) is 1.69. The molecule has 2 rings (SSSR count). The summed E-state index contributed by atoms with van der Waals surface area (Å²) in [5.74, 6) is -2.60. The summed E-state index contributed by atoms with van der Waals surface area (Å²) in [5, 5.41) is 30.2. The van der Waals surface area contributed by atoms with Crippen LogP contribution in [0.5, 0.6) is 11.5 Å². The number of aromatic nitrogens is 1. The van der Waals surface area contributed by atoms with Crippen LogP contribution in [0.4, 0.5) is 0 Å². The normalized spacial score (nSPS) is 10.1. The Bertz CT molecular complexity index is 700. The Hall–Kier alpha value is -3.09. The van der Waals surface area contributed by atoms with E-state index in [1.807, 2.05) is 0 Å². The average molecular weight is 288 g/mol. The lowest BCUT2D eigenvalue weighted by Gasteiger charge is -2.07. The number of phenolic OH excluding ortho intramolecular Hbond substituents is 2. The zero-order valence-electron chi connectivity index (χ0n) is 10.8. The number of pyridine rings is 1. The van der Waals surface area contributed by atoms with E-state index in [4.69, 9.17) is 5.11 Å². The van der Waals surface area contributed by atoms with Crippen molar-refractivity contribution in [2.45, 2.75) is 6.54 Å². The molecular formula is C14H12N2O5. The van der Waals surface area contributed by atoms with E-state index >= 15 is 0 Å². The quantitative estimate of drug-likeness (QED) is 0.626. The van der Waals surface area contributed by atoms with Crippen LogP contribution in [0.3, 0.4) is 0 Å². The number of benzene rings is 1. The minimum absolute atomic E-state index is 0.00491. The maximum Gasteiger partial charge on any atom is 0.335 e. The highest BCUT2D eigenvalue weighted by Gasteiger charge is 2.14.